The van der Waals surface area contributed by atoms with Crippen LogP contribution in [0.3, 0.4) is 0 Å². The topological polar surface area (TPSA) is 26.3 Å². The lowest BCUT2D eigenvalue weighted by atomic mass is 10.0. The summed E-state index contributed by atoms with van der Waals surface area (Å²) in [6, 6.07) is 12.7. The van der Waals surface area contributed by atoms with E-state index in [4.69, 9.17) is 4.74 Å². The fourth-order valence-corrected chi connectivity index (χ4v) is 2.60. The first-order valence-corrected chi connectivity index (χ1v) is 6.85. The van der Waals surface area contributed by atoms with E-state index in [1.807, 2.05) is 18.2 Å². The predicted octanol–water partition coefficient (Wildman–Crippen LogP) is 4.45. The second-order valence-electron chi connectivity index (χ2n) is 3.65. The third kappa shape index (κ3) is 2.65. The molecule has 92 valence electrons. The van der Waals surface area contributed by atoms with Gasteiger partial charge in [-0.05, 0) is 46.3 Å². The number of hydrogen-bond acceptors (Lipinski definition) is 2. The van der Waals surface area contributed by atoms with Crippen molar-refractivity contribution in [1.82, 2.24) is 0 Å². The lowest BCUT2D eigenvalue weighted by Crippen LogP contribution is -2.03. The molecule has 0 spiro atoms. The van der Waals surface area contributed by atoms with Crippen molar-refractivity contribution in [3.63, 3.8) is 0 Å². The number of methoxy groups -OCH3 is 1. The third-order valence-corrected chi connectivity index (χ3v) is 3.89. The molecule has 0 bridgehead atoms. The molecule has 0 fully saturated rings. The van der Waals surface area contributed by atoms with Crippen LogP contribution in [0.25, 0.3) is 0 Å². The van der Waals surface area contributed by atoms with Gasteiger partial charge in [-0.2, -0.15) is 0 Å². The Morgan fingerprint density at radius 2 is 1.67 bits per heavy atom. The molecule has 0 aliphatic carbocycles. The second kappa shape index (κ2) is 5.67. The van der Waals surface area contributed by atoms with Crippen LogP contribution in [-0.4, -0.2) is 12.9 Å². The molecule has 2 aromatic rings. The molecule has 0 aliphatic heterocycles. The average Bonchev–Trinajstić information content (AvgIpc) is 2.38. The van der Waals surface area contributed by atoms with Gasteiger partial charge < -0.3 is 4.74 Å². The Balaban J connectivity index is 2.44. The van der Waals surface area contributed by atoms with Crippen LogP contribution in [-0.2, 0) is 0 Å². The van der Waals surface area contributed by atoms with E-state index in [2.05, 4.69) is 31.9 Å². The van der Waals surface area contributed by atoms with E-state index < -0.39 is 0 Å². The highest BCUT2D eigenvalue weighted by atomic mass is 79.9. The molecule has 0 N–H and O–H groups in total. The molecule has 0 amide bonds. The standard InChI is InChI=1S/C14H10Br2O2/c1-18-9-6-7-11(13(16)8-9)14(17)10-4-2-3-5-12(10)15/h2-8H,1H3. The molecule has 4 heteroatoms. The summed E-state index contributed by atoms with van der Waals surface area (Å²) < 4.78 is 6.62. The Bertz CT molecular complexity index is 594. The van der Waals surface area contributed by atoms with E-state index in [9.17, 15) is 4.79 Å². The van der Waals surface area contributed by atoms with Gasteiger partial charge in [-0.25, -0.2) is 0 Å². The first-order valence-electron chi connectivity index (χ1n) is 5.26. The van der Waals surface area contributed by atoms with Gasteiger partial charge in [-0.1, -0.05) is 28.1 Å². The summed E-state index contributed by atoms with van der Waals surface area (Å²) in [6.07, 6.45) is 0. The van der Waals surface area contributed by atoms with Crippen LogP contribution in [0.4, 0.5) is 0 Å². The van der Waals surface area contributed by atoms with Crippen molar-refractivity contribution in [2.75, 3.05) is 7.11 Å². The second-order valence-corrected chi connectivity index (χ2v) is 5.36. The predicted molar refractivity (Wildman–Crippen MR) is 78.3 cm³/mol. The number of rotatable bonds is 3. The van der Waals surface area contributed by atoms with Gasteiger partial charge in [0.2, 0.25) is 0 Å². The minimum atomic E-state index is -0.0306. The number of carbonyl (C=O) groups excluding carboxylic acids is 1. The van der Waals surface area contributed by atoms with Crippen molar-refractivity contribution in [3.05, 3.63) is 62.5 Å². The van der Waals surface area contributed by atoms with Gasteiger partial charge in [0.15, 0.2) is 5.78 Å². The lowest BCUT2D eigenvalue weighted by Gasteiger charge is -2.07. The molecule has 0 radical (unpaired) electrons. The number of ketones is 1. The number of carbonyl (C=O) groups is 1. The Morgan fingerprint density at radius 1 is 1.00 bits per heavy atom. The molecule has 0 saturated heterocycles. The Kier molecular flexibility index (Phi) is 4.19. The zero-order chi connectivity index (χ0) is 13.1. The first-order chi connectivity index (χ1) is 8.63. The van der Waals surface area contributed by atoms with Gasteiger partial charge in [0, 0.05) is 20.1 Å². The van der Waals surface area contributed by atoms with Crippen LogP contribution >= 0.6 is 31.9 Å². The highest BCUT2D eigenvalue weighted by molar-refractivity contribution is 9.11. The van der Waals surface area contributed by atoms with Gasteiger partial charge in [0.1, 0.15) is 5.75 Å². The summed E-state index contributed by atoms with van der Waals surface area (Å²) in [4.78, 5) is 12.4. The highest BCUT2D eigenvalue weighted by Crippen LogP contribution is 2.27. The van der Waals surface area contributed by atoms with Crippen LogP contribution in [0.2, 0.25) is 0 Å². The summed E-state index contributed by atoms with van der Waals surface area (Å²) in [6.45, 7) is 0. The normalized spacial score (nSPS) is 10.2. The highest BCUT2D eigenvalue weighted by Gasteiger charge is 2.15. The molecule has 2 rings (SSSR count). The van der Waals surface area contributed by atoms with E-state index in [1.54, 1.807) is 31.4 Å². The van der Waals surface area contributed by atoms with Crippen LogP contribution in [0.5, 0.6) is 5.75 Å². The molecular formula is C14H10Br2O2. The summed E-state index contributed by atoms with van der Waals surface area (Å²) in [5, 5.41) is 0. The molecule has 0 unspecified atom stereocenters. The molecule has 2 aromatic carbocycles. The molecule has 0 aromatic heterocycles. The molecule has 0 saturated carbocycles. The lowest BCUT2D eigenvalue weighted by molar-refractivity contribution is 0.103. The summed E-state index contributed by atoms with van der Waals surface area (Å²) in [5.41, 5.74) is 1.26. The maximum Gasteiger partial charge on any atom is 0.195 e. The van der Waals surface area contributed by atoms with Gasteiger partial charge in [-0.3, -0.25) is 4.79 Å². The smallest absolute Gasteiger partial charge is 0.195 e. The first kappa shape index (κ1) is 13.3. The molecule has 18 heavy (non-hydrogen) atoms. The maximum absolute atomic E-state index is 12.4. The number of halogens is 2. The number of benzene rings is 2. The third-order valence-electron chi connectivity index (χ3n) is 2.54. The van der Waals surface area contributed by atoms with Gasteiger partial charge >= 0.3 is 0 Å². The quantitative estimate of drug-likeness (QED) is 0.747. The average molecular weight is 370 g/mol. The zero-order valence-electron chi connectivity index (χ0n) is 9.61. The van der Waals surface area contributed by atoms with Crippen LogP contribution in [0.1, 0.15) is 15.9 Å². The maximum atomic E-state index is 12.4. The van der Waals surface area contributed by atoms with E-state index in [0.717, 1.165) is 8.95 Å². The Hall–Kier alpha value is -1.13. The number of hydrogen-bond donors (Lipinski definition) is 0. The van der Waals surface area contributed by atoms with Crippen molar-refractivity contribution in [1.29, 1.82) is 0 Å². The minimum Gasteiger partial charge on any atom is -0.497 e. The minimum absolute atomic E-state index is 0.0306. The van der Waals surface area contributed by atoms with E-state index in [-0.39, 0.29) is 5.78 Å². The van der Waals surface area contributed by atoms with E-state index in [1.165, 1.54) is 0 Å². The van der Waals surface area contributed by atoms with E-state index >= 15 is 0 Å². The Morgan fingerprint density at radius 3 is 2.28 bits per heavy atom. The SMILES string of the molecule is COc1ccc(C(=O)c2ccccc2Br)c(Br)c1. The van der Waals surface area contributed by atoms with Gasteiger partial charge in [0.25, 0.3) is 0 Å². The van der Waals surface area contributed by atoms with Gasteiger partial charge in [0.05, 0.1) is 7.11 Å². The molecule has 2 nitrogen and oxygen atoms in total. The largest absolute Gasteiger partial charge is 0.497 e. The van der Waals surface area contributed by atoms with Crippen molar-refractivity contribution in [2.24, 2.45) is 0 Å². The number of ether oxygens (including phenoxy) is 1. The molecular weight excluding hydrogens is 360 g/mol. The van der Waals surface area contributed by atoms with Crippen molar-refractivity contribution >= 4 is 37.6 Å². The summed E-state index contributed by atoms with van der Waals surface area (Å²) in [7, 11) is 1.59. The monoisotopic (exact) mass is 368 g/mol. The van der Waals surface area contributed by atoms with E-state index in [0.29, 0.717) is 16.9 Å². The fourth-order valence-electron chi connectivity index (χ4n) is 1.60. The van der Waals surface area contributed by atoms with Crippen molar-refractivity contribution < 1.29 is 9.53 Å². The molecule has 0 atom stereocenters. The summed E-state index contributed by atoms with van der Waals surface area (Å²) in [5.74, 6) is 0.683. The van der Waals surface area contributed by atoms with Gasteiger partial charge in [-0.15, -0.1) is 0 Å². The van der Waals surface area contributed by atoms with Crippen molar-refractivity contribution in [3.8, 4) is 5.75 Å². The zero-order valence-corrected chi connectivity index (χ0v) is 12.8. The van der Waals surface area contributed by atoms with Crippen LogP contribution in [0, 0.1) is 0 Å². The Labute approximate surface area is 122 Å². The fraction of sp³-hybridized carbons (Fsp3) is 0.0714. The van der Waals surface area contributed by atoms with Crippen LogP contribution < -0.4 is 4.74 Å². The molecule has 0 aliphatic rings. The molecule has 0 heterocycles. The van der Waals surface area contributed by atoms with Crippen LogP contribution in [0.15, 0.2) is 51.4 Å². The van der Waals surface area contributed by atoms with Crippen molar-refractivity contribution in [2.45, 2.75) is 0 Å². The summed E-state index contributed by atoms with van der Waals surface area (Å²) >= 11 is 6.78.